The predicted octanol–water partition coefficient (Wildman–Crippen LogP) is 3.96. The van der Waals surface area contributed by atoms with Gasteiger partial charge in [-0.1, -0.05) is 42.1 Å². The number of nitriles is 1. The monoisotopic (exact) mass is 391 g/mol. The number of carbonyl (C=O) groups excluding carboxylic acids is 1. The summed E-state index contributed by atoms with van der Waals surface area (Å²) in [7, 11) is 0. The van der Waals surface area contributed by atoms with E-state index in [0.717, 1.165) is 23.1 Å². The Labute approximate surface area is 168 Å². The van der Waals surface area contributed by atoms with Gasteiger partial charge in [-0.3, -0.25) is 4.79 Å². The molecule has 0 spiro atoms. The van der Waals surface area contributed by atoms with Crippen LogP contribution >= 0.6 is 11.8 Å². The summed E-state index contributed by atoms with van der Waals surface area (Å²) in [4.78, 5) is 16.7. The number of carbonyl (C=O) groups is 1. The highest BCUT2D eigenvalue weighted by Crippen LogP contribution is 2.27. The number of thioether (sulfide) groups is 1. The van der Waals surface area contributed by atoms with E-state index >= 15 is 0 Å². The molecule has 0 unspecified atom stereocenters. The molecule has 5 nitrogen and oxygen atoms in total. The van der Waals surface area contributed by atoms with E-state index in [1.807, 2.05) is 55.5 Å². The minimum Gasteiger partial charge on any atom is -0.494 e. The average molecular weight is 391 g/mol. The third-order valence-electron chi connectivity index (χ3n) is 4.10. The summed E-state index contributed by atoms with van der Waals surface area (Å²) in [6, 6.07) is 19.6. The molecule has 28 heavy (non-hydrogen) atoms. The van der Waals surface area contributed by atoms with Crippen LogP contribution in [0.2, 0.25) is 0 Å². The number of rotatable bonds is 8. The van der Waals surface area contributed by atoms with Gasteiger partial charge in [-0.25, -0.2) is 4.98 Å². The zero-order valence-electron chi connectivity index (χ0n) is 15.6. The summed E-state index contributed by atoms with van der Waals surface area (Å²) in [6.07, 6.45) is 0.789. The zero-order valence-corrected chi connectivity index (χ0v) is 16.5. The van der Waals surface area contributed by atoms with E-state index in [-0.39, 0.29) is 11.7 Å². The molecule has 0 aliphatic heterocycles. The molecule has 1 aromatic heterocycles. The van der Waals surface area contributed by atoms with Gasteiger partial charge < -0.3 is 10.1 Å². The molecule has 0 atom stereocenters. The topological polar surface area (TPSA) is 75.0 Å². The molecular formula is C22H21N3O2S. The highest BCUT2D eigenvalue weighted by molar-refractivity contribution is 8.00. The minimum absolute atomic E-state index is 0.0709. The molecule has 1 heterocycles. The summed E-state index contributed by atoms with van der Waals surface area (Å²) in [5.41, 5.74) is 2.42. The van der Waals surface area contributed by atoms with Crippen molar-refractivity contribution in [2.24, 2.45) is 0 Å². The Hall–Kier alpha value is -3.04. The predicted molar refractivity (Wildman–Crippen MR) is 112 cm³/mol. The van der Waals surface area contributed by atoms with Crippen molar-refractivity contribution in [3.8, 4) is 11.8 Å². The lowest BCUT2D eigenvalue weighted by molar-refractivity contribution is -0.118. The summed E-state index contributed by atoms with van der Waals surface area (Å²) >= 11 is 1.28. The highest BCUT2D eigenvalue weighted by atomic mass is 32.2. The fourth-order valence-electron chi connectivity index (χ4n) is 2.76. The van der Waals surface area contributed by atoms with Crippen molar-refractivity contribution in [1.29, 1.82) is 5.26 Å². The maximum Gasteiger partial charge on any atom is 0.230 e. The average Bonchev–Trinajstić information content (AvgIpc) is 2.72. The number of hydrogen-bond acceptors (Lipinski definition) is 5. The van der Waals surface area contributed by atoms with Crippen LogP contribution in [0.5, 0.6) is 5.75 Å². The van der Waals surface area contributed by atoms with Gasteiger partial charge in [-0.2, -0.15) is 5.26 Å². The Bertz CT molecular complexity index is 1000. The first-order valence-corrected chi connectivity index (χ1v) is 10.1. The minimum atomic E-state index is -0.0709. The third-order valence-corrected chi connectivity index (χ3v) is 5.09. The number of ether oxygens (including phenoxy) is 1. The molecule has 0 saturated carbocycles. The Morgan fingerprint density at radius 2 is 2.04 bits per heavy atom. The smallest absolute Gasteiger partial charge is 0.230 e. The summed E-state index contributed by atoms with van der Waals surface area (Å²) in [6.45, 7) is 3.09. The first-order valence-electron chi connectivity index (χ1n) is 9.10. The van der Waals surface area contributed by atoms with Crippen LogP contribution in [0.25, 0.3) is 10.9 Å². The van der Waals surface area contributed by atoms with E-state index in [0.29, 0.717) is 23.7 Å². The summed E-state index contributed by atoms with van der Waals surface area (Å²) < 4.78 is 5.50. The standard InChI is InChI=1S/C22H21N3O2S/c1-2-27-19-8-9-20-17(13-19)12-18(14-23)22(25-20)28-15-21(26)24-11-10-16-6-4-3-5-7-16/h3-9,12-13H,2,10-11,15H2,1H3,(H,24,26). The van der Waals surface area contributed by atoms with E-state index in [2.05, 4.69) is 16.4 Å². The fourth-order valence-corrected chi connectivity index (χ4v) is 3.55. The van der Waals surface area contributed by atoms with Crippen LogP contribution in [-0.2, 0) is 11.2 Å². The van der Waals surface area contributed by atoms with Crippen LogP contribution < -0.4 is 10.1 Å². The molecule has 0 radical (unpaired) electrons. The van der Waals surface area contributed by atoms with Gasteiger partial charge in [0.1, 0.15) is 16.8 Å². The van der Waals surface area contributed by atoms with E-state index in [4.69, 9.17) is 4.74 Å². The maximum absolute atomic E-state index is 12.1. The summed E-state index contributed by atoms with van der Waals surface area (Å²) in [5.74, 6) is 0.899. The Kier molecular flexibility index (Phi) is 6.88. The molecular weight excluding hydrogens is 370 g/mol. The molecule has 142 valence electrons. The van der Waals surface area contributed by atoms with Crippen molar-refractivity contribution in [2.45, 2.75) is 18.4 Å². The summed E-state index contributed by atoms with van der Waals surface area (Å²) in [5, 5.41) is 13.8. The molecule has 0 bridgehead atoms. The second-order valence-electron chi connectivity index (χ2n) is 6.11. The van der Waals surface area contributed by atoms with Gasteiger partial charge in [0.2, 0.25) is 5.91 Å². The van der Waals surface area contributed by atoms with Crippen LogP contribution in [0, 0.1) is 11.3 Å². The number of hydrogen-bond donors (Lipinski definition) is 1. The first-order chi connectivity index (χ1) is 13.7. The van der Waals surface area contributed by atoms with Crippen LogP contribution in [0.3, 0.4) is 0 Å². The number of aromatic nitrogens is 1. The molecule has 3 aromatic rings. The van der Waals surface area contributed by atoms with Crippen molar-refractivity contribution in [3.05, 3.63) is 65.7 Å². The molecule has 0 aliphatic carbocycles. The second-order valence-corrected chi connectivity index (χ2v) is 7.08. The fraction of sp³-hybridized carbons (Fsp3) is 0.227. The Morgan fingerprint density at radius 1 is 1.21 bits per heavy atom. The molecule has 6 heteroatoms. The van der Waals surface area contributed by atoms with Crippen molar-refractivity contribution < 1.29 is 9.53 Å². The van der Waals surface area contributed by atoms with Gasteiger partial charge in [0.05, 0.1) is 23.4 Å². The van der Waals surface area contributed by atoms with E-state index in [9.17, 15) is 10.1 Å². The van der Waals surface area contributed by atoms with Crippen LogP contribution in [0.4, 0.5) is 0 Å². The second kappa shape index (κ2) is 9.77. The van der Waals surface area contributed by atoms with Crippen LogP contribution in [0.15, 0.2) is 59.6 Å². The third kappa shape index (κ3) is 5.24. The normalized spacial score (nSPS) is 10.4. The van der Waals surface area contributed by atoms with Gasteiger partial charge >= 0.3 is 0 Å². The highest BCUT2D eigenvalue weighted by Gasteiger charge is 2.11. The molecule has 0 aliphatic rings. The van der Waals surface area contributed by atoms with Crippen LogP contribution in [-0.4, -0.2) is 29.8 Å². The lowest BCUT2D eigenvalue weighted by Crippen LogP contribution is -2.27. The molecule has 0 saturated heterocycles. The maximum atomic E-state index is 12.1. The molecule has 1 N–H and O–H groups in total. The van der Waals surface area contributed by atoms with Gasteiger partial charge in [-0.15, -0.1) is 0 Å². The van der Waals surface area contributed by atoms with Gasteiger partial charge in [-0.05, 0) is 43.2 Å². The Morgan fingerprint density at radius 3 is 2.79 bits per heavy atom. The number of benzene rings is 2. The lowest BCUT2D eigenvalue weighted by Gasteiger charge is -2.08. The Balaban J connectivity index is 1.60. The largest absolute Gasteiger partial charge is 0.494 e. The first kappa shape index (κ1) is 19.7. The number of nitrogens with zero attached hydrogens (tertiary/aromatic N) is 2. The zero-order chi connectivity index (χ0) is 19.8. The quantitative estimate of drug-likeness (QED) is 0.589. The number of amides is 1. The number of nitrogens with one attached hydrogen (secondary N) is 1. The van der Waals surface area contributed by atoms with Crippen molar-refractivity contribution in [2.75, 3.05) is 18.9 Å². The van der Waals surface area contributed by atoms with E-state index in [1.165, 1.54) is 17.3 Å². The number of fused-ring (bicyclic) bond motifs is 1. The van der Waals surface area contributed by atoms with Crippen molar-refractivity contribution >= 4 is 28.6 Å². The van der Waals surface area contributed by atoms with E-state index < -0.39 is 0 Å². The van der Waals surface area contributed by atoms with Crippen molar-refractivity contribution in [3.63, 3.8) is 0 Å². The van der Waals surface area contributed by atoms with E-state index in [1.54, 1.807) is 6.07 Å². The molecule has 3 rings (SSSR count). The van der Waals surface area contributed by atoms with Crippen molar-refractivity contribution in [1.82, 2.24) is 10.3 Å². The van der Waals surface area contributed by atoms with Gasteiger partial charge in [0, 0.05) is 11.9 Å². The molecule has 2 aromatic carbocycles. The molecule has 0 fully saturated rings. The van der Waals surface area contributed by atoms with Crippen LogP contribution in [0.1, 0.15) is 18.1 Å². The lowest BCUT2D eigenvalue weighted by atomic mass is 10.1. The van der Waals surface area contributed by atoms with Gasteiger partial charge in [0.15, 0.2) is 0 Å². The SMILES string of the molecule is CCOc1ccc2nc(SCC(=O)NCCc3ccccc3)c(C#N)cc2c1. The number of pyridine rings is 1. The van der Waals surface area contributed by atoms with Gasteiger partial charge in [0.25, 0.3) is 0 Å². The molecule has 1 amide bonds.